The van der Waals surface area contributed by atoms with Gasteiger partial charge in [-0.1, -0.05) is 6.07 Å². The number of aliphatic carboxylic acids is 1. The van der Waals surface area contributed by atoms with E-state index < -0.39 is 23.4 Å². The zero-order chi connectivity index (χ0) is 15.0. The van der Waals surface area contributed by atoms with Gasteiger partial charge in [0, 0.05) is 25.5 Å². The van der Waals surface area contributed by atoms with Crippen LogP contribution in [0.15, 0.2) is 35.4 Å². The summed E-state index contributed by atoms with van der Waals surface area (Å²) >= 11 is 0. The molecule has 1 saturated heterocycles. The number of aromatic nitrogens is 2. The van der Waals surface area contributed by atoms with Crippen molar-refractivity contribution < 1.29 is 14.7 Å². The second kappa shape index (κ2) is 5.01. The molecule has 1 N–H and O–H groups in total. The van der Waals surface area contributed by atoms with Crippen molar-refractivity contribution in [2.24, 2.45) is 5.92 Å². The van der Waals surface area contributed by atoms with Crippen LogP contribution >= 0.6 is 0 Å². The number of likely N-dealkylation sites (tertiary alicyclic amines) is 1. The minimum Gasteiger partial charge on any atom is -0.481 e. The van der Waals surface area contributed by atoms with Gasteiger partial charge in [0.1, 0.15) is 11.2 Å². The molecule has 0 aromatic carbocycles. The molecule has 1 aliphatic rings. The van der Waals surface area contributed by atoms with E-state index in [1.807, 2.05) is 0 Å². The average molecular weight is 287 g/mol. The van der Waals surface area contributed by atoms with Crippen molar-refractivity contribution in [2.45, 2.75) is 6.42 Å². The lowest BCUT2D eigenvalue weighted by molar-refractivity contribution is -0.141. The number of fused-ring (bicyclic) bond motifs is 1. The molecular formula is C14H13N3O4. The maximum absolute atomic E-state index is 12.4. The quantitative estimate of drug-likeness (QED) is 0.854. The van der Waals surface area contributed by atoms with Gasteiger partial charge in [0.05, 0.1) is 5.92 Å². The van der Waals surface area contributed by atoms with Crippen LogP contribution in [0.4, 0.5) is 0 Å². The van der Waals surface area contributed by atoms with Gasteiger partial charge in [0.15, 0.2) is 0 Å². The molecule has 108 valence electrons. The highest BCUT2D eigenvalue weighted by molar-refractivity contribution is 5.94. The lowest BCUT2D eigenvalue weighted by atomic mass is 10.1. The van der Waals surface area contributed by atoms with E-state index in [1.54, 1.807) is 24.4 Å². The summed E-state index contributed by atoms with van der Waals surface area (Å²) in [6, 6.07) is 5.10. The van der Waals surface area contributed by atoms with Crippen LogP contribution in [0.3, 0.4) is 0 Å². The van der Waals surface area contributed by atoms with Gasteiger partial charge in [0.25, 0.3) is 11.5 Å². The van der Waals surface area contributed by atoms with Crippen molar-refractivity contribution in [2.75, 3.05) is 13.1 Å². The first-order valence-electron chi connectivity index (χ1n) is 6.56. The van der Waals surface area contributed by atoms with E-state index in [0.717, 1.165) is 0 Å². The van der Waals surface area contributed by atoms with Crippen molar-refractivity contribution in [3.63, 3.8) is 0 Å². The number of hydrogen-bond donors (Lipinski definition) is 1. The van der Waals surface area contributed by atoms with Crippen LogP contribution in [0.1, 0.15) is 16.8 Å². The SMILES string of the molecule is O=C(O)C1CCN(C(=O)c2cnc3ccccn3c2=O)C1. The highest BCUT2D eigenvalue weighted by atomic mass is 16.4. The highest BCUT2D eigenvalue weighted by Gasteiger charge is 2.32. The van der Waals surface area contributed by atoms with E-state index >= 15 is 0 Å². The van der Waals surface area contributed by atoms with E-state index in [0.29, 0.717) is 18.6 Å². The Morgan fingerprint density at radius 1 is 1.33 bits per heavy atom. The topological polar surface area (TPSA) is 92.0 Å². The first kappa shape index (κ1) is 13.3. The average Bonchev–Trinajstić information content (AvgIpc) is 2.97. The van der Waals surface area contributed by atoms with Gasteiger partial charge in [-0.15, -0.1) is 0 Å². The molecule has 1 unspecified atom stereocenters. The summed E-state index contributed by atoms with van der Waals surface area (Å²) < 4.78 is 1.30. The number of carboxylic acids is 1. The maximum Gasteiger partial charge on any atom is 0.308 e. The first-order chi connectivity index (χ1) is 10.1. The van der Waals surface area contributed by atoms with E-state index in [4.69, 9.17) is 5.11 Å². The Labute approximate surface area is 119 Å². The van der Waals surface area contributed by atoms with Crippen molar-refractivity contribution in [1.29, 1.82) is 0 Å². The van der Waals surface area contributed by atoms with Crippen molar-refractivity contribution in [3.05, 3.63) is 46.5 Å². The molecule has 2 aromatic heterocycles. The van der Waals surface area contributed by atoms with Gasteiger partial charge in [-0.3, -0.25) is 18.8 Å². The number of carboxylic acid groups (broad SMARTS) is 1. The molecule has 3 rings (SSSR count). The largest absolute Gasteiger partial charge is 0.481 e. The van der Waals surface area contributed by atoms with Crippen molar-refractivity contribution in [3.8, 4) is 0 Å². The summed E-state index contributed by atoms with van der Waals surface area (Å²) in [5, 5.41) is 8.96. The lowest BCUT2D eigenvalue weighted by Crippen LogP contribution is -2.35. The van der Waals surface area contributed by atoms with Gasteiger partial charge in [0.2, 0.25) is 0 Å². The third-order valence-corrected chi connectivity index (χ3v) is 3.67. The number of carbonyl (C=O) groups excluding carboxylic acids is 1. The Balaban J connectivity index is 1.94. The summed E-state index contributed by atoms with van der Waals surface area (Å²) in [5.41, 5.74) is -0.0157. The van der Waals surface area contributed by atoms with Crippen LogP contribution in [-0.2, 0) is 4.79 Å². The fraction of sp³-hybridized carbons (Fsp3) is 0.286. The number of amides is 1. The monoisotopic (exact) mass is 287 g/mol. The third-order valence-electron chi connectivity index (χ3n) is 3.67. The molecule has 0 spiro atoms. The first-order valence-corrected chi connectivity index (χ1v) is 6.56. The number of nitrogens with zero attached hydrogens (tertiary/aromatic N) is 3. The highest BCUT2D eigenvalue weighted by Crippen LogP contribution is 2.17. The Hall–Kier alpha value is -2.70. The zero-order valence-electron chi connectivity index (χ0n) is 11.1. The smallest absolute Gasteiger partial charge is 0.308 e. The van der Waals surface area contributed by atoms with Gasteiger partial charge >= 0.3 is 5.97 Å². The number of hydrogen-bond acceptors (Lipinski definition) is 4. The summed E-state index contributed by atoms with van der Waals surface area (Å²) in [7, 11) is 0. The molecule has 1 fully saturated rings. The Bertz CT molecular complexity index is 783. The molecule has 21 heavy (non-hydrogen) atoms. The molecule has 0 aliphatic carbocycles. The molecule has 1 aliphatic heterocycles. The second-order valence-corrected chi connectivity index (χ2v) is 4.98. The molecule has 7 heteroatoms. The molecular weight excluding hydrogens is 274 g/mol. The van der Waals surface area contributed by atoms with Crippen molar-refractivity contribution >= 4 is 17.5 Å². The summed E-state index contributed by atoms with van der Waals surface area (Å²) in [6.07, 6.45) is 3.21. The Kier molecular flexibility index (Phi) is 3.17. The molecule has 1 amide bonds. The van der Waals surface area contributed by atoms with Crippen LogP contribution < -0.4 is 5.56 Å². The molecule has 0 bridgehead atoms. The summed E-state index contributed by atoms with van der Waals surface area (Å²) in [6.45, 7) is 0.470. The normalized spacial score (nSPS) is 18.1. The molecule has 2 aromatic rings. The minimum absolute atomic E-state index is 0.0373. The van der Waals surface area contributed by atoms with Crippen molar-refractivity contribution in [1.82, 2.24) is 14.3 Å². The zero-order valence-corrected chi connectivity index (χ0v) is 11.1. The van der Waals surface area contributed by atoms with Gasteiger partial charge < -0.3 is 10.0 Å². The predicted molar refractivity (Wildman–Crippen MR) is 73.1 cm³/mol. The van der Waals surface area contributed by atoms with Gasteiger partial charge in [-0.2, -0.15) is 0 Å². The maximum atomic E-state index is 12.4. The molecule has 1 atom stereocenters. The van der Waals surface area contributed by atoms with E-state index in [1.165, 1.54) is 15.5 Å². The summed E-state index contributed by atoms with van der Waals surface area (Å²) in [5.74, 6) is -1.95. The molecule has 0 saturated carbocycles. The van der Waals surface area contributed by atoms with Crippen LogP contribution in [0.5, 0.6) is 0 Å². The lowest BCUT2D eigenvalue weighted by Gasteiger charge is -2.15. The van der Waals surface area contributed by atoms with Crippen LogP contribution in [-0.4, -0.2) is 44.4 Å². The van der Waals surface area contributed by atoms with Crippen LogP contribution in [0.2, 0.25) is 0 Å². The van der Waals surface area contributed by atoms with Gasteiger partial charge in [-0.25, -0.2) is 4.98 Å². The predicted octanol–water partition coefficient (Wildman–Crippen LogP) is 0.241. The summed E-state index contributed by atoms with van der Waals surface area (Å²) in [4.78, 5) is 41.1. The van der Waals surface area contributed by atoms with Crippen LogP contribution in [0.25, 0.3) is 5.65 Å². The third kappa shape index (κ3) is 2.26. The molecule has 7 nitrogen and oxygen atoms in total. The van der Waals surface area contributed by atoms with E-state index in [-0.39, 0.29) is 12.1 Å². The fourth-order valence-corrected chi connectivity index (χ4v) is 2.49. The minimum atomic E-state index is -0.918. The fourth-order valence-electron chi connectivity index (χ4n) is 2.49. The number of carbonyl (C=O) groups is 2. The number of rotatable bonds is 2. The van der Waals surface area contributed by atoms with Crippen LogP contribution in [0, 0.1) is 5.92 Å². The van der Waals surface area contributed by atoms with E-state index in [2.05, 4.69) is 4.98 Å². The van der Waals surface area contributed by atoms with E-state index in [9.17, 15) is 14.4 Å². The van der Waals surface area contributed by atoms with Gasteiger partial charge in [-0.05, 0) is 18.6 Å². The Morgan fingerprint density at radius 2 is 2.14 bits per heavy atom. The molecule has 0 radical (unpaired) electrons. The Morgan fingerprint density at radius 3 is 2.86 bits per heavy atom. The standard InChI is InChI=1S/C14H13N3O4/c18-12(16-6-4-9(8-16)14(20)21)10-7-15-11-3-1-2-5-17(11)13(10)19/h1-3,5,7,9H,4,6,8H2,(H,20,21). The molecule has 3 heterocycles. The second-order valence-electron chi connectivity index (χ2n) is 4.98. The number of pyridine rings is 1.